The maximum absolute atomic E-state index is 13.3. The number of halogens is 1. The molecule has 1 N–H and O–H groups in total. The van der Waals surface area contributed by atoms with Crippen LogP contribution in [0.3, 0.4) is 0 Å². The molecule has 2 aromatic carbocycles. The van der Waals surface area contributed by atoms with Gasteiger partial charge >= 0.3 is 0 Å². The number of nitrogens with zero attached hydrogens (tertiary/aromatic N) is 3. The highest BCUT2D eigenvalue weighted by molar-refractivity contribution is 7.89. The number of hydrogen-bond donors (Lipinski definition) is 1. The molecule has 2 aliphatic rings. The van der Waals surface area contributed by atoms with E-state index in [1.807, 2.05) is 7.05 Å². The normalized spacial score (nSPS) is 20.8. The molecule has 0 bridgehead atoms. The van der Waals surface area contributed by atoms with Gasteiger partial charge in [0.2, 0.25) is 26.0 Å². The molecule has 4 rings (SSSR count). The quantitative estimate of drug-likeness (QED) is 0.588. The smallest absolute Gasteiger partial charge is 0.243 e. The standard InChI is InChI=1S/C24H31ClN4O5S2/c1-18-5-8-21(16-23(18)36(33,34)28-14-12-27(2)13-15-28)26-24(30)19-4-3-11-29(17-19)35(31,32)22-9-6-20(25)7-10-22/h5-10,16,19H,3-4,11-15,17H2,1-2H3,(H,26,30). The van der Waals surface area contributed by atoms with Crippen LogP contribution in [0, 0.1) is 12.8 Å². The summed E-state index contributed by atoms with van der Waals surface area (Å²) in [6, 6.07) is 10.8. The van der Waals surface area contributed by atoms with E-state index in [9.17, 15) is 21.6 Å². The van der Waals surface area contributed by atoms with Crippen LogP contribution in [0.4, 0.5) is 5.69 Å². The molecule has 2 saturated heterocycles. The van der Waals surface area contributed by atoms with Crippen molar-refractivity contribution in [3.63, 3.8) is 0 Å². The van der Waals surface area contributed by atoms with Gasteiger partial charge in [0.25, 0.3) is 0 Å². The molecule has 9 nitrogen and oxygen atoms in total. The Hall–Kier alpha value is -2.02. The van der Waals surface area contributed by atoms with Crippen molar-refractivity contribution in [2.45, 2.75) is 29.6 Å². The zero-order valence-corrected chi connectivity index (χ0v) is 22.7. The molecule has 2 heterocycles. The minimum Gasteiger partial charge on any atom is -0.326 e. The SMILES string of the molecule is Cc1ccc(NC(=O)C2CCCN(S(=O)(=O)c3ccc(Cl)cc3)C2)cc1S(=O)(=O)N1CCN(C)CC1. The number of piperazine rings is 1. The van der Waals surface area contributed by atoms with Crippen LogP contribution in [0.2, 0.25) is 5.02 Å². The Balaban J connectivity index is 1.48. The molecule has 2 aromatic rings. The monoisotopic (exact) mass is 554 g/mol. The summed E-state index contributed by atoms with van der Waals surface area (Å²) >= 11 is 5.88. The molecule has 0 saturated carbocycles. The van der Waals surface area contributed by atoms with Gasteiger partial charge < -0.3 is 10.2 Å². The second-order valence-electron chi connectivity index (χ2n) is 9.33. The van der Waals surface area contributed by atoms with Crippen LogP contribution in [0.1, 0.15) is 18.4 Å². The van der Waals surface area contributed by atoms with Crippen molar-refractivity contribution in [2.24, 2.45) is 5.92 Å². The van der Waals surface area contributed by atoms with Crippen LogP contribution in [0.25, 0.3) is 0 Å². The fourth-order valence-corrected chi connectivity index (χ4v) is 7.82. The molecule has 0 aliphatic carbocycles. The minimum atomic E-state index is -3.76. The number of hydrogen-bond acceptors (Lipinski definition) is 6. The number of carbonyl (C=O) groups excluding carboxylic acids is 1. The van der Waals surface area contributed by atoms with Gasteiger partial charge in [0.15, 0.2) is 0 Å². The third-order valence-electron chi connectivity index (χ3n) is 6.74. The van der Waals surface area contributed by atoms with Crippen molar-refractivity contribution in [2.75, 3.05) is 51.6 Å². The van der Waals surface area contributed by atoms with E-state index in [1.54, 1.807) is 19.1 Å². The number of sulfonamides is 2. The minimum absolute atomic E-state index is 0.0507. The summed E-state index contributed by atoms with van der Waals surface area (Å²) in [5.74, 6) is -0.891. The van der Waals surface area contributed by atoms with Crippen molar-refractivity contribution in [3.8, 4) is 0 Å². The predicted molar refractivity (Wildman–Crippen MR) is 139 cm³/mol. The second-order valence-corrected chi connectivity index (χ2v) is 13.6. The highest BCUT2D eigenvalue weighted by atomic mass is 35.5. The molecule has 36 heavy (non-hydrogen) atoms. The van der Waals surface area contributed by atoms with Gasteiger partial charge in [-0.25, -0.2) is 16.8 Å². The van der Waals surface area contributed by atoms with Crippen molar-refractivity contribution in [1.82, 2.24) is 13.5 Å². The van der Waals surface area contributed by atoms with E-state index in [4.69, 9.17) is 11.6 Å². The summed E-state index contributed by atoms with van der Waals surface area (Å²) in [7, 11) is -5.51. The highest BCUT2D eigenvalue weighted by Crippen LogP contribution is 2.28. The lowest BCUT2D eigenvalue weighted by Gasteiger charge is -2.32. The topological polar surface area (TPSA) is 107 Å². The molecular formula is C24H31ClN4O5S2. The van der Waals surface area contributed by atoms with E-state index in [-0.39, 0.29) is 22.2 Å². The van der Waals surface area contributed by atoms with E-state index in [1.165, 1.54) is 38.9 Å². The molecule has 2 aliphatic heterocycles. The third-order valence-corrected chi connectivity index (χ3v) is 10.9. The molecule has 0 aromatic heterocycles. The number of carbonyl (C=O) groups is 1. The number of rotatable bonds is 6. The first kappa shape index (κ1) is 27.0. The molecule has 1 amide bonds. The Bertz CT molecular complexity index is 1320. The number of likely N-dealkylation sites (N-methyl/N-ethyl adjacent to an activating group) is 1. The lowest BCUT2D eigenvalue weighted by Crippen LogP contribution is -2.47. The average Bonchev–Trinajstić information content (AvgIpc) is 2.85. The first-order valence-electron chi connectivity index (χ1n) is 11.8. The number of aryl methyl sites for hydroxylation is 1. The van der Waals surface area contributed by atoms with Crippen LogP contribution < -0.4 is 5.32 Å². The fourth-order valence-electron chi connectivity index (χ4n) is 4.50. The first-order valence-corrected chi connectivity index (χ1v) is 15.1. The molecule has 1 atom stereocenters. The van der Waals surface area contributed by atoms with Gasteiger partial charge in [-0.15, -0.1) is 0 Å². The van der Waals surface area contributed by atoms with Crippen LogP contribution in [-0.2, 0) is 24.8 Å². The molecular weight excluding hydrogens is 524 g/mol. The first-order chi connectivity index (χ1) is 17.0. The predicted octanol–water partition coefficient (Wildman–Crippen LogP) is 2.62. The van der Waals surface area contributed by atoms with Crippen molar-refractivity contribution < 1.29 is 21.6 Å². The van der Waals surface area contributed by atoms with Gasteiger partial charge in [0, 0.05) is 50.0 Å². The molecule has 196 valence electrons. The average molecular weight is 555 g/mol. The van der Waals surface area contributed by atoms with Gasteiger partial charge in [-0.3, -0.25) is 4.79 Å². The zero-order valence-electron chi connectivity index (χ0n) is 20.4. The van der Waals surface area contributed by atoms with Crippen LogP contribution >= 0.6 is 11.6 Å². The Morgan fingerprint density at radius 1 is 0.917 bits per heavy atom. The van der Waals surface area contributed by atoms with Crippen LogP contribution in [0.15, 0.2) is 52.3 Å². The van der Waals surface area contributed by atoms with Crippen LogP contribution in [-0.4, -0.2) is 82.6 Å². The summed E-state index contributed by atoms with van der Waals surface area (Å²) in [6.45, 7) is 4.25. The summed E-state index contributed by atoms with van der Waals surface area (Å²) in [4.78, 5) is 15.5. The number of nitrogens with one attached hydrogen (secondary N) is 1. The van der Waals surface area contributed by atoms with E-state index < -0.39 is 26.0 Å². The number of benzene rings is 2. The lowest BCUT2D eigenvalue weighted by molar-refractivity contribution is -0.120. The van der Waals surface area contributed by atoms with Gasteiger partial charge in [0.05, 0.1) is 15.7 Å². The Morgan fingerprint density at radius 3 is 2.25 bits per heavy atom. The maximum Gasteiger partial charge on any atom is 0.243 e. The molecule has 2 fully saturated rings. The fraction of sp³-hybridized carbons (Fsp3) is 0.458. The summed E-state index contributed by atoms with van der Waals surface area (Å²) in [5, 5.41) is 3.25. The van der Waals surface area contributed by atoms with Crippen molar-refractivity contribution in [1.29, 1.82) is 0 Å². The summed E-state index contributed by atoms with van der Waals surface area (Å²) in [6.07, 6.45) is 1.08. The second kappa shape index (κ2) is 10.8. The highest BCUT2D eigenvalue weighted by Gasteiger charge is 2.34. The molecule has 0 spiro atoms. The number of anilines is 1. The van der Waals surface area contributed by atoms with Crippen LogP contribution in [0.5, 0.6) is 0 Å². The van der Waals surface area contributed by atoms with E-state index in [0.717, 1.165) is 0 Å². The van der Waals surface area contributed by atoms with Gasteiger partial charge in [-0.05, 0) is 68.8 Å². The molecule has 0 radical (unpaired) electrons. The van der Waals surface area contributed by atoms with Gasteiger partial charge in [0.1, 0.15) is 0 Å². The zero-order chi connectivity index (χ0) is 26.1. The van der Waals surface area contributed by atoms with Crippen molar-refractivity contribution >= 4 is 43.2 Å². The lowest BCUT2D eigenvalue weighted by atomic mass is 9.98. The Kier molecular flexibility index (Phi) is 8.08. The van der Waals surface area contributed by atoms with Crippen molar-refractivity contribution in [3.05, 3.63) is 53.1 Å². The van der Waals surface area contributed by atoms with E-state index in [2.05, 4.69) is 10.2 Å². The van der Waals surface area contributed by atoms with E-state index in [0.29, 0.717) is 61.8 Å². The van der Waals surface area contributed by atoms with Gasteiger partial charge in [-0.1, -0.05) is 17.7 Å². The molecule has 12 heteroatoms. The Labute approximate surface area is 218 Å². The summed E-state index contributed by atoms with van der Waals surface area (Å²) < 4.78 is 55.5. The van der Waals surface area contributed by atoms with Gasteiger partial charge in [-0.2, -0.15) is 8.61 Å². The molecule has 1 unspecified atom stereocenters. The summed E-state index contributed by atoms with van der Waals surface area (Å²) in [5.41, 5.74) is 0.973. The largest absolute Gasteiger partial charge is 0.326 e. The number of amides is 1. The van der Waals surface area contributed by atoms with E-state index >= 15 is 0 Å². The number of piperidine rings is 1. The Morgan fingerprint density at radius 2 is 1.58 bits per heavy atom. The maximum atomic E-state index is 13.3. The third kappa shape index (κ3) is 5.76.